The van der Waals surface area contributed by atoms with Gasteiger partial charge in [-0.2, -0.15) is 0 Å². The molecule has 0 saturated carbocycles. The van der Waals surface area contributed by atoms with Crippen molar-refractivity contribution in [1.29, 1.82) is 0 Å². The molecule has 0 N–H and O–H groups in total. The Morgan fingerprint density at radius 3 is 1.52 bits per heavy atom. The third-order valence-electron chi connectivity index (χ3n) is 8.57. The van der Waals surface area contributed by atoms with Gasteiger partial charge in [-0.15, -0.1) is 0 Å². The largest absolute Gasteiger partial charge is 0.264 e. The highest BCUT2D eigenvalue weighted by atomic mass is 15.0. The Labute approximate surface area is 280 Å². The summed E-state index contributed by atoms with van der Waals surface area (Å²) in [7, 11) is 0. The first-order valence-electron chi connectivity index (χ1n) is 16.4. The second-order valence-corrected chi connectivity index (χ2v) is 11.8. The molecule has 0 fully saturated rings. The first-order chi connectivity index (χ1) is 23.8. The predicted octanol–water partition coefficient (Wildman–Crippen LogP) is 10.0. The molecule has 0 aliphatic heterocycles. The molecule has 0 unspecified atom stereocenters. The van der Waals surface area contributed by atoms with Crippen LogP contribution in [0.1, 0.15) is 31.5 Å². The summed E-state index contributed by atoms with van der Waals surface area (Å²) < 4.78 is 0. The number of pyridine rings is 1. The molecular weight excluding hydrogens is 589 g/mol. The number of hydrogen-bond donors (Lipinski definition) is 0. The van der Waals surface area contributed by atoms with Crippen molar-refractivity contribution >= 4 is 5.57 Å². The zero-order chi connectivity index (χ0) is 32.1. The number of aromatic nitrogens is 6. The molecule has 48 heavy (non-hydrogen) atoms. The molecule has 3 heterocycles. The van der Waals surface area contributed by atoms with Crippen LogP contribution in [0.3, 0.4) is 0 Å². The molecule has 8 rings (SSSR count). The van der Waals surface area contributed by atoms with Gasteiger partial charge in [0, 0.05) is 45.8 Å². The third-order valence-corrected chi connectivity index (χ3v) is 8.57. The van der Waals surface area contributed by atoms with E-state index in [4.69, 9.17) is 24.9 Å². The maximum absolute atomic E-state index is 5.40. The summed E-state index contributed by atoms with van der Waals surface area (Å²) in [6.45, 7) is 0. The Kier molecular flexibility index (Phi) is 8.11. The van der Waals surface area contributed by atoms with Gasteiger partial charge in [-0.1, -0.05) is 115 Å². The Morgan fingerprint density at radius 1 is 0.396 bits per heavy atom. The molecule has 6 nitrogen and oxygen atoms in total. The lowest BCUT2D eigenvalue weighted by molar-refractivity contribution is 0.736. The van der Waals surface area contributed by atoms with E-state index in [9.17, 15) is 0 Å². The molecule has 7 aromatic rings. The smallest absolute Gasteiger partial charge is 0.164 e. The van der Waals surface area contributed by atoms with Gasteiger partial charge in [-0.25, -0.2) is 24.9 Å². The van der Waals surface area contributed by atoms with Crippen molar-refractivity contribution < 1.29 is 0 Å². The van der Waals surface area contributed by atoms with Gasteiger partial charge in [0.1, 0.15) is 0 Å². The van der Waals surface area contributed by atoms with Crippen LogP contribution < -0.4 is 0 Å². The van der Waals surface area contributed by atoms with E-state index in [1.807, 2.05) is 91.1 Å². The Hall–Kier alpha value is -6.14. The summed E-state index contributed by atoms with van der Waals surface area (Å²) in [6.07, 6.45) is 10.3. The normalized spacial score (nSPS) is 12.8. The summed E-state index contributed by atoms with van der Waals surface area (Å²) in [6, 6.07) is 42.9. The van der Waals surface area contributed by atoms with Crippen LogP contribution >= 0.6 is 0 Å². The van der Waals surface area contributed by atoms with Crippen molar-refractivity contribution in [2.75, 3.05) is 0 Å². The number of nitrogens with zero attached hydrogens (tertiary/aromatic N) is 6. The van der Waals surface area contributed by atoms with E-state index in [-0.39, 0.29) is 0 Å². The highest BCUT2D eigenvalue weighted by Gasteiger charge is 2.21. The molecule has 0 spiro atoms. The van der Waals surface area contributed by atoms with E-state index in [0.29, 0.717) is 11.6 Å². The second kappa shape index (κ2) is 13.3. The van der Waals surface area contributed by atoms with E-state index in [1.54, 1.807) is 6.20 Å². The van der Waals surface area contributed by atoms with Gasteiger partial charge in [-0.3, -0.25) is 4.98 Å². The molecule has 6 heteroatoms. The topological polar surface area (TPSA) is 77.3 Å². The molecular formula is C42H32N6. The molecule has 1 aliphatic rings. The maximum Gasteiger partial charge on any atom is 0.164 e. The minimum Gasteiger partial charge on any atom is -0.264 e. The zero-order valence-electron chi connectivity index (χ0n) is 26.4. The first kappa shape index (κ1) is 29.3. The Bertz CT molecular complexity index is 2220. The van der Waals surface area contributed by atoms with Gasteiger partial charge in [0.15, 0.2) is 17.5 Å². The standard InChI is InChI=1S/C42H32N6/c1-5-15-29(16-6-1)36-38(44-37(30-17-7-2-8-18-30)39(45-36)35-25-14-26-43-28-35)33-23-13-24-34(27-33)42-47-40(31-19-9-3-10-20-31)46-41(48-42)32-21-11-4-12-22-32/h1-3,5-10,13-21,23-28H,4,11-12,22H2. The van der Waals surface area contributed by atoms with Crippen LogP contribution in [0.15, 0.2) is 146 Å². The SMILES string of the molecule is C1=C(c2nc(-c3ccccc3)nc(-c3cccc(-c4nc(-c5ccccc5)c(-c5cccnc5)nc4-c4ccccc4)c3)n2)CCCC1. The predicted molar refractivity (Wildman–Crippen MR) is 192 cm³/mol. The minimum absolute atomic E-state index is 0.636. The van der Waals surface area contributed by atoms with Crippen molar-refractivity contribution in [3.63, 3.8) is 0 Å². The quantitative estimate of drug-likeness (QED) is 0.176. The Balaban J connectivity index is 1.33. The fourth-order valence-electron chi connectivity index (χ4n) is 6.15. The minimum atomic E-state index is 0.636. The van der Waals surface area contributed by atoms with Crippen molar-refractivity contribution in [2.24, 2.45) is 0 Å². The van der Waals surface area contributed by atoms with Gasteiger partial charge in [0.25, 0.3) is 0 Å². The van der Waals surface area contributed by atoms with Gasteiger partial charge in [0.2, 0.25) is 0 Å². The van der Waals surface area contributed by atoms with Crippen molar-refractivity contribution in [2.45, 2.75) is 25.7 Å². The molecule has 0 amide bonds. The molecule has 0 saturated heterocycles. The fourth-order valence-corrected chi connectivity index (χ4v) is 6.15. The lowest BCUT2D eigenvalue weighted by Gasteiger charge is -2.16. The van der Waals surface area contributed by atoms with Gasteiger partial charge in [-0.05, 0) is 49.5 Å². The van der Waals surface area contributed by atoms with Crippen molar-refractivity contribution in [3.8, 4) is 67.8 Å². The summed E-state index contributed by atoms with van der Waals surface area (Å²) >= 11 is 0. The van der Waals surface area contributed by atoms with Gasteiger partial charge >= 0.3 is 0 Å². The average Bonchev–Trinajstić information content (AvgIpc) is 3.19. The van der Waals surface area contributed by atoms with E-state index in [1.165, 1.54) is 12.0 Å². The number of rotatable bonds is 7. The zero-order valence-corrected chi connectivity index (χ0v) is 26.4. The molecule has 1 aliphatic carbocycles. The molecule has 230 valence electrons. The highest BCUT2D eigenvalue weighted by Crippen LogP contribution is 2.38. The fraction of sp³-hybridized carbons (Fsp3) is 0.0952. The van der Waals surface area contributed by atoms with Gasteiger partial charge in [0.05, 0.1) is 22.8 Å². The lowest BCUT2D eigenvalue weighted by Crippen LogP contribution is -2.05. The second-order valence-electron chi connectivity index (χ2n) is 11.8. The van der Waals surface area contributed by atoms with Gasteiger partial charge < -0.3 is 0 Å². The molecule has 3 aromatic heterocycles. The third kappa shape index (κ3) is 6.04. The van der Waals surface area contributed by atoms with Crippen LogP contribution in [-0.4, -0.2) is 29.9 Å². The summed E-state index contributed by atoms with van der Waals surface area (Å²) in [5, 5.41) is 0. The van der Waals surface area contributed by atoms with Crippen LogP contribution in [0.5, 0.6) is 0 Å². The molecule has 0 radical (unpaired) electrons. The highest BCUT2D eigenvalue weighted by molar-refractivity contribution is 5.87. The van der Waals surface area contributed by atoms with E-state index < -0.39 is 0 Å². The van der Waals surface area contributed by atoms with Crippen LogP contribution in [0.2, 0.25) is 0 Å². The van der Waals surface area contributed by atoms with E-state index >= 15 is 0 Å². The van der Waals surface area contributed by atoms with Crippen molar-refractivity contribution in [1.82, 2.24) is 29.9 Å². The monoisotopic (exact) mass is 620 g/mol. The van der Waals surface area contributed by atoms with Crippen LogP contribution in [-0.2, 0) is 0 Å². The average molecular weight is 621 g/mol. The maximum atomic E-state index is 5.40. The molecule has 0 atom stereocenters. The van der Waals surface area contributed by atoms with E-state index in [0.717, 1.165) is 81.2 Å². The molecule has 4 aromatic carbocycles. The Morgan fingerprint density at radius 2 is 0.917 bits per heavy atom. The summed E-state index contributed by atoms with van der Waals surface area (Å²) in [5.41, 5.74) is 9.98. The number of allylic oxidation sites excluding steroid dienone is 2. The molecule has 0 bridgehead atoms. The number of benzene rings is 4. The van der Waals surface area contributed by atoms with Crippen molar-refractivity contribution in [3.05, 3.63) is 152 Å². The number of hydrogen-bond acceptors (Lipinski definition) is 6. The summed E-state index contributed by atoms with van der Waals surface area (Å²) in [5.74, 6) is 2.06. The lowest BCUT2D eigenvalue weighted by atomic mass is 9.98. The summed E-state index contributed by atoms with van der Waals surface area (Å²) in [4.78, 5) is 30.2. The van der Waals surface area contributed by atoms with Crippen LogP contribution in [0.4, 0.5) is 0 Å². The first-order valence-corrected chi connectivity index (χ1v) is 16.4. The van der Waals surface area contributed by atoms with Crippen LogP contribution in [0.25, 0.3) is 73.4 Å². The van der Waals surface area contributed by atoms with Crippen LogP contribution in [0, 0.1) is 0 Å². The van der Waals surface area contributed by atoms with E-state index in [2.05, 4.69) is 53.5 Å².